The average molecular weight is 405 g/mol. The maximum atomic E-state index is 12.8. The fourth-order valence-corrected chi connectivity index (χ4v) is 4.81. The van der Waals surface area contributed by atoms with Crippen molar-refractivity contribution in [2.75, 3.05) is 36.4 Å². The van der Waals surface area contributed by atoms with E-state index >= 15 is 0 Å². The number of fused-ring (bicyclic) bond motifs is 2. The molecule has 2 aromatic rings. The van der Waals surface area contributed by atoms with E-state index in [4.69, 9.17) is 4.74 Å². The Morgan fingerprint density at radius 2 is 1.93 bits per heavy atom. The Labute approximate surface area is 176 Å². The van der Waals surface area contributed by atoms with Crippen molar-refractivity contribution in [3.05, 3.63) is 53.1 Å². The van der Waals surface area contributed by atoms with Gasteiger partial charge in [0.15, 0.2) is 0 Å². The van der Waals surface area contributed by atoms with E-state index in [-0.39, 0.29) is 24.5 Å². The van der Waals surface area contributed by atoms with E-state index in [2.05, 4.69) is 35.3 Å². The first kappa shape index (κ1) is 19.0. The summed E-state index contributed by atoms with van der Waals surface area (Å²) < 4.78 is 5.19. The van der Waals surface area contributed by atoms with Crippen LogP contribution in [0, 0.1) is 0 Å². The summed E-state index contributed by atoms with van der Waals surface area (Å²) in [6, 6.07) is 12.7. The number of nitrogens with zero attached hydrogens (tertiary/aromatic N) is 2. The molecule has 1 N–H and O–H groups in total. The molecule has 0 radical (unpaired) electrons. The number of anilines is 2. The molecule has 6 nitrogen and oxygen atoms in total. The van der Waals surface area contributed by atoms with Gasteiger partial charge in [-0.25, -0.2) is 0 Å². The highest BCUT2D eigenvalue weighted by molar-refractivity contribution is 5.83. The lowest BCUT2D eigenvalue weighted by Crippen LogP contribution is -2.54. The molecular formula is C24H27N3O3. The van der Waals surface area contributed by atoms with Crippen LogP contribution in [0.4, 0.5) is 11.4 Å². The smallest absolute Gasteiger partial charge is 0.315 e. The lowest BCUT2D eigenvalue weighted by Gasteiger charge is -2.41. The van der Waals surface area contributed by atoms with Crippen LogP contribution in [0.25, 0.3) is 0 Å². The second-order valence-corrected chi connectivity index (χ2v) is 8.52. The summed E-state index contributed by atoms with van der Waals surface area (Å²) in [5.74, 6) is 0.454. The zero-order chi connectivity index (χ0) is 20.7. The SMILES string of the molecule is C[C@@H]1CN(C(=O)CNc2ccc3c(c2)OC(=O)C3)CCN1c1ccc2c(c1)CCC2. The highest BCUT2D eigenvalue weighted by Gasteiger charge is 2.27. The molecule has 6 heteroatoms. The predicted octanol–water partition coefficient (Wildman–Crippen LogP) is 2.79. The van der Waals surface area contributed by atoms with Crippen molar-refractivity contribution >= 4 is 23.3 Å². The van der Waals surface area contributed by atoms with Gasteiger partial charge in [0, 0.05) is 48.7 Å². The van der Waals surface area contributed by atoms with E-state index < -0.39 is 0 Å². The Bertz CT molecular complexity index is 1000. The van der Waals surface area contributed by atoms with Gasteiger partial charge in [0.05, 0.1) is 13.0 Å². The number of benzene rings is 2. The largest absolute Gasteiger partial charge is 0.426 e. The number of hydrogen-bond donors (Lipinski definition) is 1. The van der Waals surface area contributed by atoms with Crippen LogP contribution in [-0.4, -0.2) is 49.0 Å². The van der Waals surface area contributed by atoms with Gasteiger partial charge in [-0.3, -0.25) is 9.59 Å². The van der Waals surface area contributed by atoms with Crippen LogP contribution < -0.4 is 15.0 Å². The molecule has 0 bridgehead atoms. The number of amides is 1. The Hall–Kier alpha value is -3.02. The van der Waals surface area contributed by atoms with Crippen LogP contribution in [0.5, 0.6) is 5.75 Å². The Kier molecular flexibility index (Phi) is 4.85. The standard InChI is InChI=1S/C24H27N3O3/c1-16-15-26(9-10-27(16)21-8-6-17-3-2-4-18(17)11-21)23(28)14-25-20-7-5-19-12-24(29)30-22(19)13-20/h5-8,11,13,16,25H,2-4,9-10,12,14-15H2,1H3/t16-/m1/s1. The molecule has 5 rings (SSSR count). The molecule has 1 fully saturated rings. The van der Waals surface area contributed by atoms with Gasteiger partial charge < -0.3 is 19.9 Å². The molecule has 2 aliphatic heterocycles. The van der Waals surface area contributed by atoms with Gasteiger partial charge in [-0.05, 0) is 55.5 Å². The number of carbonyl (C=O) groups excluding carboxylic acids is 2. The first-order valence-corrected chi connectivity index (χ1v) is 10.8. The molecule has 0 spiro atoms. The molecule has 0 unspecified atom stereocenters. The second-order valence-electron chi connectivity index (χ2n) is 8.52. The van der Waals surface area contributed by atoms with E-state index in [1.807, 2.05) is 17.0 Å². The van der Waals surface area contributed by atoms with Crippen molar-refractivity contribution in [2.45, 2.75) is 38.6 Å². The summed E-state index contributed by atoms with van der Waals surface area (Å²) >= 11 is 0. The minimum atomic E-state index is -0.228. The van der Waals surface area contributed by atoms with Crippen LogP contribution in [0.15, 0.2) is 36.4 Å². The number of hydrogen-bond acceptors (Lipinski definition) is 5. The summed E-state index contributed by atoms with van der Waals surface area (Å²) in [6.07, 6.45) is 3.97. The molecule has 156 valence electrons. The van der Waals surface area contributed by atoms with Crippen LogP contribution in [0.3, 0.4) is 0 Å². The van der Waals surface area contributed by atoms with Gasteiger partial charge in [-0.1, -0.05) is 12.1 Å². The normalized spacial score (nSPS) is 20.0. The molecule has 1 amide bonds. The Balaban J connectivity index is 1.17. The van der Waals surface area contributed by atoms with Crippen molar-refractivity contribution in [1.29, 1.82) is 0 Å². The summed E-state index contributed by atoms with van der Waals surface area (Å²) in [4.78, 5) is 28.5. The molecule has 2 aromatic carbocycles. The quantitative estimate of drug-likeness (QED) is 0.626. The van der Waals surface area contributed by atoms with Gasteiger partial charge in [0.2, 0.25) is 5.91 Å². The molecular weight excluding hydrogens is 378 g/mol. The summed E-state index contributed by atoms with van der Waals surface area (Å²) in [5.41, 5.74) is 5.95. The molecule has 1 aliphatic carbocycles. The van der Waals surface area contributed by atoms with Gasteiger partial charge >= 0.3 is 5.97 Å². The van der Waals surface area contributed by atoms with Crippen LogP contribution in [-0.2, 0) is 28.9 Å². The van der Waals surface area contributed by atoms with Crippen LogP contribution in [0.1, 0.15) is 30.0 Å². The Morgan fingerprint density at radius 3 is 2.80 bits per heavy atom. The number of ether oxygens (including phenoxy) is 1. The van der Waals surface area contributed by atoms with Gasteiger partial charge in [0.1, 0.15) is 5.75 Å². The summed E-state index contributed by atoms with van der Waals surface area (Å²) in [5, 5.41) is 3.18. The summed E-state index contributed by atoms with van der Waals surface area (Å²) in [7, 11) is 0. The molecule has 0 aromatic heterocycles. The molecule has 0 saturated carbocycles. The minimum absolute atomic E-state index is 0.0907. The third kappa shape index (κ3) is 3.62. The topological polar surface area (TPSA) is 61.9 Å². The third-order valence-electron chi connectivity index (χ3n) is 6.46. The van der Waals surface area contributed by atoms with E-state index in [1.54, 1.807) is 6.07 Å². The van der Waals surface area contributed by atoms with Crippen molar-refractivity contribution in [3.63, 3.8) is 0 Å². The lowest BCUT2D eigenvalue weighted by atomic mass is 10.1. The number of aryl methyl sites for hydroxylation is 2. The van der Waals surface area contributed by atoms with E-state index in [9.17, 15) is 9.59 Å². The third-order valence-corrected chi connectivity index (χ3v) is 6.46. The van der Waals surface area contributed by atoms with Crippen molar-refractivity contribution in [3.8, 4) is 5.75 Å². The number of nitrogens with one attached hydrogen (secondary N) is 1. The maximum Gasteiger partial charge on any atom is 0.315 e. The highest BCUT2D eigenvalue weighted by Crippen LogP contribution is 2.30. The average Bonchev–Trinajstić information content (AvgIpc) is 3.36. The maximum absolute atomic E-state index is 12.8. The summed E-state index contributed by atoms with van der Waals surface area (Å²) in [6.45, 7) is 4.72. The fraction of sp³-hybridized carbons (Fsp3) is 0.417. The minimum Gasteiger partial charge on any atom is -0.426 e. The van der Waals surface area contributed by atoms with Gasteiger partial charge in [0.25, 0.3) is 0 Å². The highest BCUT2D eigenvalue weighted by atomic mass is 16.5. The molecule has 2 heterocycles. The number of rotatable bonds is 4. The zero-order valence-corrected chi connectivity index (χ0v) is 17.3. The first-order valence-electron chi connectivity index (χ1n) is 10.8. The van der Waals surface area contributed by atoms with E-state index in [0.717, 1.165) is 30.9 Å². The van der Waals surface area contributed by atoms with Crippen LogP contribution >= 0.6 is 0 Å². The van der Waals surface area contributed by atoms with Crippen molar-refractivity contribution in [1.82, 2.24) is 4.90 Å². The van der Waals surface area contributed by atoms with Crippen LogP contribution in [0.2, 0.25) is 0 Å². The predicted molar refractivity (Wildman–Crippen MR) is 116 cm³/mol. The number of esters is 1. The molecule has 30 heavy (non-hydrogen) atoms. The van der Waals surface area contributed by atoms with Gasteiger partial charge in [-0.2, -0.15) is 0 Å². The molecule has 1 atom stereocenters. The monoisotopic (exact) mass is 405 g/mol. The number of carbonyl (C=O) groups is 2. The molecule has 3 aliphatic rings. The van der Waals surface area contributed by atoms with Crippen molar-refractivity contribution in [2.24, 2.45) is 0 Å². The lowest BCUT2D eigenvalue weighted by molar-refractivity contribution is -0.132. The first-order chi connectivity index (χ1) is 14.6. The van der Waals surface area contributed by atoms with Gasteiger partial charge in [-0.15, -0.1) is 0 Å². The fourth-order valence-electron chi connectivity index (χ4n) is 4.81. The van der Waals surface area contributed by atoms with E-state index in [1.165, 1.54) is 36.1 Å². The Morgan fingerprint density at radius 1 is 1.10 bits per heavy atom. The molecule has 1 saturated heterocycles. The number of piperazine rings is 1. The van der Waals surface area contributed by atoms with E-state index in [0.29, 0.717) is 12.2 Å². The van der Waals surface area contributed by atoms with Crippen molar-refractivity contribution < 1.29 is 14.3 Å². The zero-order valence-electron chi connectivity index (χ0n) is 17.3. The second kappa shape index (κ2) is 7.67.